The lowest BCUT2D eigenvalue weighted by atomic mass is 10.6. The summed E-state index contributed by atoms with van der Waals surface area (Å²) in [6, 6.07) is 1.60. The molecule has 0 radical (unpaired) electrons. The highest BCUT2D eigenvalue weighted by molar-refractivity contribution is 6.76. The Bertz CT molecular complexity index is 190. The Balaban J connectivity index is 4.00. The van der Waals surface area contributed by atoms with E-state index >= 15 is 0 Å². The molecule has 0 unspecified atom stereocenters. The highest BCUT2D eigenvalue weighted by Crippen LogP contribution is 2.01. The van der Waals surface area contributed by atoms with Gasteiger partial charge in [-0.25, -0.2) is 0 Å². The van der Waals surface area contributed by atoms with Gasteiger partial charge in [-0.05, 0) is 0 Å². The van der Waals surface area contributed by atoms with Crippen molar-refractivity contribution in [1.29, 1.82) is 5.26 Å². The first-order valence-corrected chi connectivity index (χ1v) is 7.23. The Morgan fingerprint density at radius 2 is 2.00 bits per heavy atom. The fourth-order valence-corrected chi connectivity index (χ4v) is 2.44. The van der Waals surface area contributed by atoms with Crippen LogP contribution in [0.1, 0.15) is 0 Å². The van der Waals surface area contributed by atoms with Gasteiger partial charge in [0.25, 0.3) is 0 Å². The normalized spacial score (nSPS) is 10.5. The topological polar surface area (TPSA) is 44.1 Å². The molecule has 3 nitrogen and oxygen atoms in total. The van der Waals surface area contributed by atoms with Gasteiger partial charge in [-0.1, -0.05) is 19.6 Å². The molecular formula is C7H14N2OSi. The number of carbonyl (C=O) groups is 1. The molecule has 0 aliphatic heterocycles. The van der Waals surface area contributed by atoms with Crippen molar-refractivity contribution in [3.8, 4) is 6.07 Å². The maximum Gasteiger partial charge on any atom is 0.324 e. The van der Waals surface area contributed by atoms with E-state index in [-0.39, 0.29) is 0 Å². The van der Waals surface area contributed by atoms with Crippen molar-refractivity contribution < 1.29 is 4.79 Å². The van der Waals surface area contributed by atoms with Crippen LogP contribution in [-0.4, -0.2) is 32.1 Å². The van der Waals surface area contributed by atoms with E-state index in [9.17, 15) is 4.79 Å². The van der Waals surface area contributed by atoms with Crippen molar-refractivity contribution in [1.82, 2.24) is 4.90 Å². The standard InChI is InChI=1S/C7H14N2OSi/c1-9(7(10)5-8)6-11(2,3)4/h6H2,1-4H3. The number of hydrogen-bond acceptors (Lipinski definition) is 2. The van der Waals surface area contributed by atoms with Crippen LogP contribution in [0.2, 0.25) is 19.6 Å². The first-order valence-electron chi connectivity index (χ1n) is 3.52. The minimum Gasteiger partial charge on any atom is -0.336 e. The second-order valence-electron chi connectivity index (χ2n) is 3.83. The van der Waals surface area contributed by atoms with Crippen LogP contribution < -0.4 is 0 Å². The van der Waals surface area contributed by atoms with E-state index in [4.69, 9.17) is 5.26 Å². The van der Waals surface area contributed by atoms with Gasteiger partial charge in [0.2, 0.25) is 0 Å². The van der Waals surface area contributed by atoms with Gasteiger partial charge in [0.1, 0.15) is 0 Å². The van der Waals surface area contributed by atoms with E-state index in [1.807, 2.05) is 0 Å². The van der Waals surface area contributed by atoms with Crippen molar-refractivity contribution in [2.24, 2.45) is 0 Å². The van der Waals surface area contributed by atoms with Crippen molar-refractivity contribution in [2.45, 2.75) is 19.6 Å². The van der Waals surface area contributed by atoms with Gasteiger partial charge in [0.15, 0.2) is 6.07 Å². The second kappa shape index (κ2) is 3.53. The van der Waals surface area contributed by atoms with Crippen LogP contribution in [0.15, 0.2) is 0 Å². The molecule has 0 spiro atoms. The Labute approximate surface area is 68.6 Å². The van der Waals surface area contributed by atoms with E-state index in [0.717, 1.165) is 6.17 Å². The summed E-state index contributed by atoms with van der Waals surface area (Å²) >= 11 is 0. The Morgan fingerprint density at radius 1 is 1.55 bits per heavy atom. The average molecular weight is 170 g/mol. The van der Waals surface area contributed by atoms with Gasteiger partial charge < -0.3 is 4.90 Å². The first-order chi connectivity index (χ1) is 4.87. The van der Waals surface area contributed by atoms with Gasteiger partial charge in [0, 0.05) is 13.2 Å². The summed E-state index contributed by atoms with van der Waals surface area (Å²) in [7, 11) is 0.425. The Kier molecular flexibility index (Phi) is 3.27. The summed E-state index contributed by atoms with van der Waals surface area (Å²) in [5.74, 6) is -0.438. The quantitative estimate of drug-likeness (QED) is 0.455. The third-order valence-electron chi connectivity index (χ3n) is 1.15. The molecular weight excluding hydrogens is 156 g/mol. The molecule has 0 heterocycles. The monoisotopic (exact) mass is 170 g/mol. The summed E-state index contributed by atoms with van der Waals surface area (Å²) in [6.07, 6.45) is 0.749. The summed E-state index contributed by atoms with van der Waals surface area (Å²) < 4.78 is 0. The second-order valence-corrected chi connectivity index (χ2v) is 9.27. The predicted molar refractivity (Wildman–Crippen MR) is 46.6 cm³/mol. The molecule has 0 aromatic heterocycles. The minimum absolute atomic E-state index is 0.438. The summed E-state index contributed by atoms with van der Waals surface area (Å²) in [6.45, 7) is 6.48. The van der Waals surface area contributed by atoms with E-state index in [0.29, 0.717) is 0 Å². The van der Waals surface area contributed by atoms with E-state index in [2.05, 4.69) is 19.6 Å². The smallest absolute Gasteiger partial charge is 0.324 e. The van der Waals surface area contributed by atoms with Crippen LogP contribution in [0.5, 0.6) is 0 Å². The maximum atomic E-state index is 10.8. The van der Waals surface area contributed by atoms with E-state index < -0.39 is 14.0 Å². The number of amides is 1. The molecule has 0 aliphatic carbocycles. The number of hydrogen-bond donors (Lipinski definition) is 0. The summed E-state index contributed by atoms with van der Waals surface area (Å²) in [5.41, 5.74) is 0. The minimum atomic E-state index is -1.25. The largest absolute Gasteiger partial charge is 0.336 e. The van der Waals surface area contributed by atoms with Crippen LogP contribution in [0.4, 0.5) is 0 Å². The third kappa shape index (κ3) is 4.56. The average Bonchev–Trinajstić information content (AvgIpc) is 1.82. The Morgan fingerprint density at radius 3 is 2.27 bits per heavy atom. The van der Waals surface area contributed by atoms with Crippen LogP contribution in [0.3, 0.4) is 0 Å². The SMILES string of the molecule is CN(C[Si](C)(C)C)C(=O)C#N. The van der Waals surface area contributed by atoms with Crippen LogP contribution >= 0.6 is 0 Å². The van der Waals surface area contributed by atoms with Gasteiger partial charge in [-0.2, -0.15) is 5.26 Å². The molecule has 4 heteroatoms. The maximum absolute atomic E-state index is 10.8. The zero-order chi connectivity index (χ0) is 9.07. The highest BCUT2D eigenvalue weighted by atomic mass is 28.3. The number of nitriles is 1. The van der Waals surface area contributed by atoms with E-state index in [1.165, 1.54) is 4.90 Å². The fraction of sp³-hybridized carbons (Fsp3) is 0.714. The van der Waals surface area contributed by atoms with Crippen molar-refractivity contribution in [2.75, 3.05) is 13.2 Å². The third-order valence-corrected chi connectivity index (χ3v) is 2.58. The number of rotatable bonds is 2. The lowest BCUT2D eigenvalue weighted by molar-refractivity contribution is -0.123. The van der Waals surface area contributed by atoms with Gasteiger partial charge in [0.05, 0.1) is 8.07 Å². The van der Waals surface area contributed by atoms with Crippen molar-refractivity contribution in [3.63, 3.8) is 0 Å². The molecule has 0 aromatic rings. The molecule has 1 amide bonds. The van der Waals surface area contributed by atoms with Crippen LogP contribution in [-0.2, 0) is 4.79 Å². The zero-order valence-electron chi connectivity index (χ0n) is 7.51. The molecule has 0 rings (SSSR count). The van der Waals surface area contributed by atoms with Gasteiger partial charge >= 0.3 is 5.91 Å². The molecule has 0 saturated heterocycles. The molecule has 11 heavy (non-hydrogen) atoms. The van der Waals surface area contributed by atoms with E-state index in [1.54, 1.807) is 13.1 Å². The lowest BCUT2D eigenvalue weighted by Crippen LogP contribution is -2.40. The number of nitrogens with zero attached hydrogens (tertiary/aromatic N) is 2. The molecule has 0 bridgehead atoms. The van der Waals surface area contributed by atoms with Gasteiger partial charge in [-0.15, -0.1) is 0 Å². The lowest BCUT2D eigenvalue weighted by Gasteiger charge is -2.22. The molecule has 0 aliphatic rings. The van der Waals surface area contributed by atoms with Crippen LogP contribution in [0.25, 0.3) is 0 Å². The molecule has 0 N–H and O–H groups in total. The zero-order valence-corrected chi connectivity index (χ0v) is 8.51. The summed E-state index contributed by atoms with van der Waals surface area (Å²) in [4.78, 5) is 12.3. The Hall–Kier alpha value is -0.823. The van der Waals surface area contributed by atoms with Crippen molar-refractivity contribution >= 4 is 14.0 Å². The molecule has 62 valence electrons. The van der Waals surface area contributed by atoms with Gasteiger partial charge in [-0.3, -0.25) is 4.79 Å². The highest BCUT2D eigenvalue weighted by Gasteiger charge is 2.18. The number of carbonyl (C=O) groups excluding carboxylic acids is 1. The molecule has 0 aromatic carbocycles. The predicted octanol–water partition coefficient (Wildman–Crippen LogP) is 0.846. The van der Waals surface area contributed by atoms with Crippen molar-refractivity contribution in [3.05, 3.63) is 0 Å². The first kappa shape index (κ1) is 10.2. The summed E-state index contributed by atoms with van der Waals surface area (Å²) in [5, 5.41) is 8.28. The molecule has 0 atom stereocenters. The molecule has 0 fully saturated rings. The molecule has 0 saturated carbocycles. The van der Waals surface area contributed by atoms with Crippen LogP contribution in [0, 0.1) is 11.3 Å². The fourth-order valence-electron chi connectivity index (χ4n) is 0.869.